The minimum Gasteiger partial charge on any atom is -0.480 e. The quantitative estimate of drug-likeness (QED) is 0.325. The molecule has 0 aliphatic rings. The topological polar surface area (TPSA) is 158 Å². The third-order valence-electron chi connectivity index (χ3n) is 4.59. The Morgan fingerprint density at radius 3 is 1.96 bits per heavy atom. The van der Waals surface area contributed by atoms with E-state index >= 15 is 0 Å². The lowest BCUT2D eigenvalue weighted by Crippen LogP contribution is -2.63. The number of carboxylic acids is 1. The van der Waals surface area contributed by atoms with Crippen molar-refractivity contribution in [3.05, 3.63) is 29.8 Å². The maximum Gasteiger partial charge on any atom is 0.331 e. The molecule has 8 nitrogen and oxygen atoms in total. The number of carbonyl (C=O) groups is 3. The minimum absolute atomic E-state index is 0.240. The van der Waals surface area contributed by atoms with Crippen LogP contribution < -0.4 is 11.5 Å². The Hall–Kier alpha value is -1.52. The first-order chi connectivity index (χ1) is 12.9. The highest BCUT2D eigenvalue weighted by molar-refractivity contribution is 7.93. The Balaban J connectivity index is 3.79. The van der Waals surface area contributed by atoms with Crippen molar-refractivity contribution in [2.24, 2.45) is 11.5 Å². The van der Waals surface area contributed by atoms with Gasteiger partial charge < -0.3 is 16.6 Å². The van der Waals surface area contributed by atoms with Crippen molar-refractivity contribution in [2.75, 3.05) is 18.3 Å². The Kier molecular flexibility index (Phi) is 8.16. The summed E-state index contributed by atoms with van der Waals surface area (Å²) in [6, 6.07) is 5.59. The number of Topliss-reactive ketones (excluding diaryl/α,β-unsaturated/α-hetero) is 2. The van der Waals surface area contributed by atoms with Gasteiger partial charge in [0, 0.05) is 6.42 Å². The van der Waals surface area contributed by atoms with Crippen molar-refractivity contribution in [1.82, 2.24) is 0 Å². The molecule has 0 amide bonds. The zero-order valence-electron chi connectivity index (χ0n) is 15.2. The molecule has 0 radical (unpaired) electrons. The molecule has 5 N–H and O–H groups in total. The zero-order chi connectivity index (χ0) is 21.8. The fourth-order valence-corrected chi connectivity index (χ4v) is 5.56. The van der Waals surface area contributed by atoms with Crippen molar-refractivity contribution in [2.45, 2.75) is 34.9 Å². The molecule has 1 aromatic carbocycles. The lowest BCUT2D eigenvalue weighted by Gasteiger charge is -2.36. The highest BCUT2D eigenvalue weighted by Crippen LogP contribution is 2.37. The standard InChI is InChI=1S/C17H22Cl2N2O6S/c1-11-2-4-12(5-3-11)28(26,27)16(6-7-20,13(22)8-18)10-17(21,15(24)25)14(23)9-19/h2-5H,6-10,20-21H2,1H3,(H,24,25)/t16?,17-/m1/s1. The monoisotopic (exact) mass is 452 g/mol. The number of alkyl halides is 2. The van der Waals surface area contributed by atoms with E-state index in [-0.39, 0.29) is 11.4 Å². The van der Waals surface area contributed by atoms with E-state index in [0.29, 0.717) is 0 Å². The smallest absolute Gasteiger partial charge is 0.331 e. The molecule has 1 unspecified atom stereocenters. The number of aliphatic carboxylic acids is 1. The van der Waals surface area contributed by atoms with Crippen LogP contribution in [-0.2, 0) is 24.2 Å². The molecule has 0 spiro atoms. The molecule has 11 heteroatoms. The second kappa shape index (κ2) is 9.32. The lowest BCUT2D eigenvalue weighted by atomic mass is 9.81. The minimum atomic E-state index is -4.51. The summed E-state index contributed by atoms with van der Waals surface area (Å²) < 4.78 is 24.5. The van der Waals surface area contributed by atoms with Gasteiger partial charge in [0.25, 0.3) is 0 Å². The first kappa shape index (κ1) is 24.5. The van der Waals surface area contributed by atoms with Gasteiger partial charge in [-0.2, -0.15) is 0 Å². The summed E-state index contributed by atoms with van der Waals surface area (Å²) in [6.45, 7) is 1.44. The van der Waals surface area contributed by atoms with E-state index in [1.54, 1.807) is 6.92 Å². The number of nitrogens with two attached hydrogens (primary N) is 2. The summed E-state index contributed by atoms with van der Waals surface area (Å²) in [5.74, 6) is -5.46. The van der Waals surface area contributed by atoms with Crippen molar-refractivity contribution < 1.29 is 27.9 Å². The molecule has 1 rings (SSSR count). The van der Waals surface area contributed by atoms with Crippen LogP contribution in [0.25, 0.3) is 0 Å². The molecule has 0 fully saturated rings. The van der Waals surface area contributed by atoms with Gasteiger partial charge in [-0.1, -0.05) is 17.7 Å². The molecular formula is C17H22Cl2N2O6S. The van der Waals surface area contributed by atoms with Gasteiger partial charge in [-0.25, -0.2) is 13.2 Å². The van der Waals surface area contributed by atoms with Crippen LogP contribution in [0.2, 0.25) is 0 Å². The number of hydrogen-bond acceptors (Lipinski definition) is 7. The fraction of sp³-hybridized carbons (Fsp3) is 0.471. The van der Waals surface area contributed by atoms with E-state index in [0.717, 1.165) is 5.56 Å². The van der Waals surface area contributed by atoms with Gasteiger partial charge in [-0.05, 0) is 32.0 Å². The number of carboxylic acid groups (broad SMARTS) is 1. The van der Waals surface area contributed by atoms with Crippen molar-refractivity contribution >= 4 is 50.6 Å². The molecule has 2 atom stereocenters. The summed E-state index contributed by atoms with van der Waals surface area (Å²) in [4.78, 5) is 36.4. The van der Waals surface area contributed by atoms with Crippen LogP contribution in [0, 0.1) is 6.92 Å². The SMILES string of the molecule is Cc1ccc(S(=O)(=O)C(CCN)(C[C@](N)(C(=O)O)C(=O)CCl)C(=O)CCl)cc1. The molecule has 0 aliphatic carbocycles. The molecule has 0 saturated carbocycles. The molecule has 1 aromatic rings. The number of rotatable bonds is 11. The van der Waals surface area contributed by atoms with Gasteiger partial charge >= 0.3 is 5.97 Å². The van der Waals surface area contributed by atoms with Crippen molar-refractivity contribution in [1.29, 1.82) is 0 Å². The first-order valence-electron chi connectivity index (χ1n) is 8.15. The number of benzene rings is 1. The van der Waals surface area contributed by atoms with E-state index in [1.807, 2.05) is 0 Å². The highest BCUT2D eigenvalue weighted by atomic mass is 35.5. The van der Waals surface area contributed by atoms with E-state index in [4.69, 9.17) is 34.7 Å². The Morgan fingerprint density at radius 2 is 1.57 bits per heavy atom. The van der Waals surface area contributed by atoms with Gasteiger partial charge in [0.2, 0.25) is 0 Å². The summed E-state index contributed by atoms with van der Waals surface area (Å²) in [5.41, 5.74) is 9.37. The van der Waals surface area contributed by atoms with Gasteiger partial charge in [-0.3, -0.25) is 9.59 Å². The van der Waals surface area contributed by atoms with Crippen molar-refractivity contribution in [3.8, 4) is 0 Å². The Labute approximate surface area is 173 Å². The zero-order valence-corrected chi connectivity index (χ0v) is 17.5. The van der Waals surface area contributed by atoms with Gasteiger partial charge in [0.05, 0.1) is 16.7 Å². The molecule has 156 valence electrons. The van der Waals surface area contributed by atoms with Gasteiger partial charge in [-0.15, -0.1) is 23.2 Å². The second-order valence-electron chi connectivity index (χ2n) is 6.42. The maximum atomic E-state index is 13.4. The second-order valence-corrected chi connectivity index (χ2v) is 9.21. The first-order valence-corrected chi connectivity index (χ1v) is 10.7. The number of ketones is 2. The molecule has 28 heavy (non-hydrogen) atoms. The van der Waals surface area contributed by atoms with E-state index in [2.05, 4.69) is 0 Å². The van der Waals surface area contributed by atoms with Crippen LogP contribution in [0.5, 0.6) is 0 Å². The number of hydrogen-bond donors (Lipinski definition) is 3. The van der Waals surface area contributed by atoms with E-state index in [1.165, 1.54) is 24.3 Å². The number of halogens is 2. The molecule has 0 bridgehead atoms. The Morgan fingerprint density at radius 1 is 1.07 bits per heavy atom. The molecule has 0 saturated heterocycles. The number of sulfone groups is 1. The number of aryl methyl sites for hydroxylation is 1. The van der Waals surface area contributed by atoms with Gasteiger partial charge in [0.1, 0.15) is 4.75 Å². The van der Waals surface area contributed by atoms with Crippen LogP contribution in [0.15, 0.2) is 29.2 Å². The average molecular weight is 453 g/mol. The van der Waals surface area contributed by atoms with Crippen molar-refractivity contribution in [3.63, 3.8) is 0 Å². The predicted molar refractivity (Wildman–Crippen MR) is 105 cm³/mol. The van der Waals surface area contributed by atoms with Crippen LogP contribution in [-0.4, -0.2) is 59.7 Å². The molecule has 0 aliphatic heterocycles. The largest absolute Gasteiger partial charge is 0.480 e. The lowest BCUT2D eigenvalue weighted by molar-refractivity contribution is -0.148. The summed E-state index contributed by atoms with van der Waals surface area (Å²) in [6.07, 6.45) is -1.52. The fourth-order valence-electron chi connectivity index (χ4n) is 2.87. The number of carbonyl (C=O) groups excluding carboxylic acids is 2. The highest BCUT2D eigenvalue weighted by Gasteiger charge is 2.57. The van der Waals surface area contributed by atoms with Crippen LogP contribution >= 0.6 is 23.2 Å². The molecule has 0 aromatic heterocycles. The average Bonchev–Trinajstić information content (AvgIpc) is 2.65. The third-order valence-corrected chi connectivity index (χ3v) is 7.57. The van der Waals surface area contributed by atoms with Crippen LogP contribution in [0.1, 0.15) is 18.4 Å². The summed E-state index contributed by atoms with van der Waals surface area (Å²) >= 11 is 11.1. The third kappa shape index (κ3) is 4.38. The van der Waals surface area contributed by atoms with Gasteiger partial charge in [0.15, 0.2) is 26.9 Å². The van der Waals surface area contributed by atoms with E-state index < -0.39 is 62.3 Å². The van der Waals surface area contributed by atoms with Crippen LogP contribution in [0.3, 0.4) is 0 Å². The molecule has 0 heterocycles. The summed E-state index contributed by atoms with van der Waals surface area (Å²) in [5, 5.41) is 9.52. The van der Waals surface area contributed by atoms with E-state index in [9.17, 15) is 27.9 Å². The maximum absolute atomic E-state index is 13.4. The Bertz CT molecular complexity index is 859. The predicted octanol–water partition coefficient (Wildman–Crippen LogP) is 0.644. The molecular weight excluding hydrogens is 431 g/mol. The summed E-state index contributed by atoms with van der Waals surface area (Å²) in [7, 11) is -4.51. The normalized spacial score (nSPS) is 16.0. The van der Waals surface area contributed by atoms with Crippen LogP contribution in [0.4, 0.5) is 0 Å².